The van der Waals surface area contributed by atoms with Crippen LogP contribution in [0.15, 0.2) is 12.2 Å². The Kier molecular flexibility index (Phi) is 2.73. The number of hydrogen-bond donors (Lipinski definition) is 1. The first-order valence-corrected chi connectivity index (χ1v) is 5.75. The summed E-state index contributed by atoms with van der Waals surface area (Å²) in [5, 5.41) is 3.74. The zero-order valence-corrected chi connectivity index (χ0v) is 8.68. The summed E-state index contributed by atoms with van der Waals surface area (Å²) in [6.07, 6.45) is 8.23. The van der Waals surface area contributed by atoms with Crippen molar-refractivity contribution in [2.24, 2.45) is 5.92 Å². The molecule has 0 amide bonds. The Morgan fingerprint density at radius 1 is 1.38 bits per heavy atom. The molecule has 1 saturated heterocycles. The molecule has 1 aliphatic carbocycles. The lowest BCUT2D eigenvalue weighted by atomic mass is 9.84. The van der Waals surface area contributed by atoms with E-state index in [1.165, 1.54) is 37.7 Å². The summed E-state index contributed by atoms with van der Waals surface area (Å²) in [6.45, 7) is 6.36. The van der Waals surface area contributed by atoms with Crippen molar-refractivity contribution in [3.63, 3.8) is 0 Å². The third-order valence-electron chi connectivity index (χ3n) is 3.81. The van der Waals surface area contributed by atoms with Crippen LogP contribution in [-0.2, 0) is 0 Å². The summed E-state index contributed by atoms with van der Waals surface area (Å²) >= 11 is 0. The summed E-state index contributed by atoms with van der Waals surface area (Å²) in [5.74, 6) is 0.960. The number of fused-ring (bicyclic) bond motifs is 1. The normalized spacial score (nSPS) is 38.7. The lowest BCUT2D eigenvalue weighted by Crippen LogP contribution is -2.33. The Balaban J connectivity index is 1.94. The van der Waals surface area contributed by atoms with Gasteiger partial charge in [-0.1, -0.05) is 31.9 Å². The Morgan fingerprint density at radius 2 is 2.15 bits per heavy atom. The molecule has 1 N–H and O–H groups in total. The maximum Gasteiger partial charge on any atom is 0.0282 e. The minimum atomic E-state index is 0.637. The molecule has 0 aromatic carbocycles. The minimum absolute atomic E-state index is 0.637. The van der Waals surface area contributed by atoms with Gasteiger partial charge in [0.1, 0.15) is 0 Å². The van der Waals surface area contributed by atoms with E-state index in [-0.39, 0.29) is 0 Å². The van der Waals surface area contributed by atoms with E-state index in [1.54, 1.807) is 0 Å². The van der Waals surface area contributed by atoms with Crippen LogP contribution in [0.3, 0.4) is 0 Å². The lowest BCUT2D eigenvalue weighted by molar-refractivity contribution is 0.326. The van der Waals surface area contributed by atoms with Crippen molar-refractivity contribution in [3.05, 3.63) is 12.2 Å². The van der Waals surface area contributed by atoms with Gasteiger partial charge >= 0.3 is 0 Å². The highest BCUT2D eigenvalue weighted by Gasteiger charge is 2.35. The van der Waals surface area contributed by atoms with E-state index in [0.717, 1.165) is 18.4 Å². The van der Waals surface area contributed by atoms with E-state index in [2.05, 4.69) is 18.8 Å². The summed E-state index contributed by atoms with van der Waals surface area (Å²) in [5.41, 5.74) is 1.41. The van der Waals surface area contributed by atoms with Crippen molar-refractivity contribution < 1.29 is 0 Å². The molecule has 0 radical (unpaired) electrons. The highest BCUT2D eigenvalue weighted by atomic mass is 15.0. The average Bonchev–Trinajstić information content (AvgIpc) is 2.59. The van der Waals surface area contributed by atoms with Crippen LogP contribution in [0, 0.1) is 5.92 Å². The molecular weight excluding hydrogens is 158 g/mol. The summed E-state index contributed by atoms with van der Waals surface area (Å²) in [7, 11) is 0. The topological polar surface area (TPSA) is 12.0 Å². The van der Waals surface area contributed by atoms with Crippen LogP contribution < -0.4 is 5.32 Å². The van der Waals surface area contributed by atoms with Crippen LogP contribution >= 0.6 is 0 Å². The Hall–Kier alpha value is -0.300. The van der Waals surface area contributed by atoms with E-state index in [4.69, 9.17) is 0 Å². The van der Waals surface area contributed by atoms with Crippen molar-refractivity contribution in [2.75, 3.05) is 0 Å². The Morgan fingerprint density at radius 3 is 2.85 bits per heavy atom. The van der Waals surface area contributed by atoms with Crippen molar-refractivity contribution in [2.45, 2.75) is 57.5 Å². The quantitative estimate of drug-likeness (QED) is 0.643. The van der Waals surface area contributed by atoms with Crippen LogP contribution in [0.5, 0.6) is 0 Å². The molecule has 13 heavy (non-hydrogen) atoms. The van der Waals surface area contributed by atoms with Gasteiger partial charge in [0.05, 0.1) is 0 Å². The molecule has 2 aliphatic rings. The summed E-state index contributed by atoms with van der Waals surface area (Å²) < 4.78 is 0. The minimum Gasteiger partial charge on any atom is -0.307 e. The fourth-order valence-corrected chi connectivity index (χ4v) is 2.87. The van der Waals surface area contributed by atoms with E-state index >= 15 is 0 Å². The second-order valence-electron chi connectivity index (χ2n) is 4.62. The molecule has 1 nitrogen and oxygen atoms in total. The molecule has 1 heterocycles. The van der Waals surface area contributed by atoms with Gasteiger partial charge in [-0.05, 0) is 31.6 Å². The first kappa shape index (κ1) is 9.26. The van der Waals surface area contributed by atoms with E-state index < -0.39 is 0 Å². The zero-order chi connectivity index (χ0) is 9.26. The first-order valence-electron chi connectivity index (χ1n) is 5.75. The molecular formula is C12H21N. The SMILES string of the molecule is C=C(CC)C1C[C@@H]2CCCCC2N1. The van der Waals surface area contributed by atoms with Crippen LogP contribution in [-0.4, -0.2) is 12.1 Å². The van der Waals surface area contributed by atoms with Gasteiger partial charge in [0.15, 0.2) is 0 Å². The molecule has 1 saturated carbocycles. The van der Waals surface area contributed by atoms with Crippen molar-refractivity contribution in [1.29, 1.82) is 0 Å². The molecule has 2 rings (SSSR count). The van der Waals surface area contributed by atoms with Gasteiger partial charge in [-0.15, -0.1) is 0 Å². The average molecular weight is 179 g/mol. The van der Waals surface area contributed by atoms with Gasteiger partial charge in [-0.2, -0.15) is 0 Å². The second kappa shape index (κ2) is 3.83. The molecule has 1 aliphatic heterocycles. The monoisotopic (exact) mass is 179 g/mol. The third kappa shape index (κ3) is 1.80. The Bertz CT molecular complexity index is 183. The number of rotatable bonds is 2. The zero-order valence-electron chi connectivity index (χ0n) is 8.68. The van der Waals surface area contributed by atoms with Crippen molar-refractivity contribution >= 4 is 0 Å². The standard InChI is InChI=1S/C12H21N/c1-3-9(2)12-8-10-6-4-5-7-11(10)13-12/h10-13H,2-8H2,1H3/t10-,11?,12?/m0/s1. The number of nitrogens with one attached hydrogen (secondary N) is 1. The predicted octanol–water partition coefficient (Wildman–Crippen LogP) is 2.87. The number of hydrogen-bond acceptors (Lipinski definition) is 1. The van der Waals surface area contributed by atoms with Gasteiger partial charge in [0.25, 0.3) is 0 Å². The van der Waals surface area contributed by atoms with Gasteiger partial charge in [-0.3, -0.25) is 0 Å². The maximum absolute atomic E-state index is 4.15. The summed E-state index contributed by atoms with van der Waals surface area (Å²) in [4.78, 5) is 0. The predicted molar refractivity (Wildman–Crippen MR) is 56.7 cm³/mol. The smallest absolute Gasteiger partial charge is 0.0282 e. The van der Waals surface area contributed by atoms with Crippen LogP contribution in [0.4, 0.5) is 0 Å². The maximum atomic E-state index is 4.15. The second-order valence-corrected chi connectivity index (χ2v) is 4.62. The third-order valence-corrected chi connectivity index (χ3v) is 3.81. The first-order chi connectivity index (χ1) is 6.31. The van der Waals surface area contributed by atoms with Gasteiger partial charge in [-0.25, -0.2) is 0 Å². The van der Waals surface area contributed by atoms with E-state index in [1.807, 2.05) is 0 Å². The molecule has 0 aromatic rings. The van der Waals surface area contributed by atoms with Crippen molar-refractivity contribution in [3.8, 4) is 0 Å². The van der Waals surface area contributed by atoms with Crippen molar-refractivity contribution in [1.82, 2.24) is 5.32 Å². The van der Waals surface area contributed by atoms with E-state index in [0.29, 0.717) is 6.04 Å². The summed E-state index contributed by atoms with van der Waals surface area (Å²) in [6, 6.07) is 1.46. The molecule has 3 atom stereocenters. The highest BCUT2D eigenvalue weighted by Crippen LogP contribution is 2.35. The highest BCUT2D eigenvalue weighted by molar-refractivity contribution is 5.10. The van der Waals surface area contributed by atoms with Crippen LogP contribution in [0.25, 0.3) is 0 Å². The largest absolute Gasteiger partial charge is 0.307 e. The van der Waals surface area contributed by atoms with Gasteiger partial charge in [0, 0.05) is 12.1 Å². The van der Waals surface area contributed by atoms with Crippen LogP contribution in [0.1, 0.15) is 45.4 Å². The Labute approximate surface area is 81.6 Å². The van der Waals surface area contributed by atoms with Gasteiger partial charge in [0.2, 0.25) is 0 Å². The lowest BCUT2D eigenvalue weighted by Gasteiger charge is -2.24. The molecule has 2 fully saturated rings. The fourth-order valence-electron chi connectivity index (χ4n) is 2.87. The molecule has 0 bridgehead atoms. The molecule has 0 aromatic heterocycles. The molecule has 1 heteroatoms. The van der Waals surface area contributed by atoms with Crippen LogP contribution in [0.2, 0.25) is 0 Å². The molecule has 2 unspecified atom stereocenters. The van der Waals surface area contributed by atoms with E-state index in [9.17, 15) is 0 Å². The van der Waals surface area contributed by atoms with Gasteiger partial charge < -0.3 is 5.32 Å². The molecule has 0 spiro atoms. The molecule has 74 valence electrons. The fraction of sp³-hybridized carbons (Fsp3) is 0.833.